The first kappa shape index (κ1) is 17.9. The summed E-state index contributed by atoms with van der Waals surface area (Å²) in [4.78, 5) is 0. The number of hydrazine groups is 1. The monoisotopic (exact) mass is 258 g/mol. The van der Waals surface area contributed by atoms with Crippen LogP contribution in [0, 0.1) is 0 Å². The highest BCUT2D eigenvalue weighted by Gasteiger charge is 2.08. The summed E-state index contributed by atoms with van der Waals surface area (Å²) in [5, 5.41) is 0. The molecule has 0 amide bonds. The highest BCUT2D eigenvalue weighted by molar-refractivity contribution is 4.65. The van der Waals surface area contributed by atoms with Crippen LogP contribution in [0.5, 0.6) is 0 Å². The van der Waals surface area contributed by atoms with Gasteiger partial charge in [-0.25, -0.2) is 0 Å². The molecular formula is C15H34N2O. The van der Waals surface area contributed by atoms with Gasteiger partial charge in [-0.05, 0) is 26.2 Å². The number of hydrogen-bond donors (Lipinski definition) is 2. The van der Waals surface area contributed by atoms with Crippen molar-refractivity contribution in [2.24, 2.45) is 5.84 Å². The first-order valence-electron chi connectivity index (χ1n) is 7.73. The van der Waals surface area contributed by atoms with Crippen LogP contribution in [0.2, 0.25) is 0 Å². The van der Waals surface area contributed by atoms with Crippen LogP contribution in [-0.2, 0) is 4.74 Å². The first-order chi connectivity index (χ1) is 8.74. The lowest BCUT2D eigenvalue weighted by Gasteiger charge is -2.17. The lowest BCUT2D eigenvalue weighted by atomic mass is 10.0. The van der Waals surface area contributed by atoms with Crippen molar-refractivity contribution in [2.45, 2.75) is 90.2 Å². The third-order valence-electron chi connectivity index (χ3n) is 3.72. The van der Waals surface area contributed by atoms with Gasteiger partial charge >= 0.3 is 0 Å². The van der Waals surface area contributed by atoms with E-state index in [0.29, 0.717) is 12.1 Å². The maximum absolute atomic E-state index is 5.59. The minimum absolute atomic E-state index is 0.342. The molecule has 18 heavy (non-hydrogen) atoms. The van der Waals surface area contributed by atoms with Crippen LogP contribution in [0.4, 0.5) is 0 Å². The van der Waals surface area contributed by atoms with Crippen molar-refractivity contribution < 1.29 is 4.74 Å². The molecule has 0 rings (SSSR count). The molecule has 3 nitrogen and oxygen atoms in total. The summed E-state index contributed by atoms with van der Waals surface area (Å²) in [6.45, 7) is 4.37. The predicted molar refractivity (Wildman–Crippen MR) is 79.4 cm³/mol. The number of ether oxygens (including phenoxy) is 1. The number of hydrogen-bond acceptors (Lipinski definition) is 3. The molecule has 2 unspecified atom stereocenters. The van der Waals surface area contributed by atoms with E-state index in [1.54, 1.807) is 7.11 Å². The van der Waals surface area contributed by atoms with Crippen LogP contribution in [0.1, 0.15) is 78.1 Å². The average Bonchev–Trinajstić information content (AvgIpc) is 2.40. The van der Waals surface area contributed by atoms with Gasteiger partial charge in [0.25, 0.3) is 0 Å². The van der Waals surface area contributed by atoms with E-state index in [0.717, 1.165) is 12.8 Å². The molecule has 0 aromatic rings. The van der Waals surface area contributed by atoms with Gasteiger partial charge in [-0.2, -0.15) is 0 Å². The summed E-state index contributed by atoms with van der Waals surface area (Å²) in [6, 6.07) is 0.457. The van der Waals surface area contributed by atoms with Gasteiger partial charge in [0.05, 0.1) is 6.10 Å². The second kappa shape index (κ2) is 13.3. The van der Waals surface area contributed by atoms with Gasteiger partial charge in [0.15, 0.2) is 0 Å². The van der Waals surface area contributed by atoms with Gasteiger partial charge in [-0.3, -0.25) is 11.3 Å². The van der Waals surface area contributed by atoms with Gasteiger partial charge in [0.1, 0.15) is 0 Å². The van der Waals surface area contributed by atoms with E-state index in [-0.39, 0.29) is 0 Å². The van der Waals surface area contributed by atoms with Crippen LogP contribution in [-0.4, -0.2) is 19.3 Å². The molecule has 0 heterocycles. The summed E-state index contributed by atoms with van der Waals surface area (Å²) in [5.41, 5.74) is 2.94. The molecule has 0 bridgehead atoms. The maximum Gasteiger partial charge on any atom is 0.0543 e. The molecule has 0 spiro atoms. The molecule has 0 fully saturated rings. The Morgan fingerprint density at radius 3 is 2.11 bits per heavy atom. The van der Waals surface area contributed by atoms with Gasteiger partial charge in [0.2, 0.25) is 0 Å². The zero-order chi connectivity index (χ0) is 13.6. The minimum atomic E-state index is 0.342. The Morgan fingerprint density at radius 1 is 0.944 bits per heavy atom. The van der Waals surface area contributed by atoms with Crippen LogP contribution >= 0.6 is 0 Å². The summed E-state index contributed by atoms with van der Waals surface area (Å²) in [7, 11) is 1.77. The molecule has 0 aliphatic heterocycles. The molecule has 2 atom stereocenters. The fraction of sp³-hybridized carbons (Fsp3) is 1.00. The number of nitrogens with one attached hydrogen (secondary N) is 1. The standard InChI is InChI=1S/C15H34N2O/c1-4-5-6-7-8-9-10-11-15(17-16)13-12-14(2)18-3/h14-15,17H,4-13,16H2,1-3H3. The van der Waals surface area contributed by atoms with E-state index >= 15 is 0 Å². The highest BCUT2D eigenvalue weighted by Crippen LogP contribution is 2.12. The van der Waals surface area contributed by atoms with Crippen LogP contribution in [0.25, 0.3) is 0 Å². The summed E-state index contributed by atoms with van der Waals surface area (Å²) in [6.07, 6.45) is 13.3. The van der Waals surface area contributed by atoms with Crippen molar-refractivity contribution in [3.8, 4) is 0 Å². The lowest BCUT2D eigenvalue weighted by molar-refractivity contribution is 0.105. The Bertz CT molecular complexity index is 165. The highest BCUT2D eigenvalue weighted by atomic mass is 16.5. The van der Waals surface area contributed by atoms with Crippen molar-refractivity contribution >= 4 is 0 Å². The largest absolute Gasteiger partial charge is 0.382 e. The molecule has 0 aromatic carbocycles. The fourth-order valence-corrected chi connectivity index (χ4v) is 2.21. The quantitative estimate of drug-likeness (QED) is 0.300. The summed E-state index contributed by atoms with van der Waals surface area (Å²) >= 11 is 0. The molecule has 110 valence electrons. The number of methoxy groups -OCH3 is 1. The molecule has 3 N–H and O–H groups in total. The second-order valence-corrected chi connectivity index (χ2v) is 5.40. The molecule has 0 aliphatic carbocycles. The molecule has 3 heteroatoms. The molecular weight excluding hydrogens is 224 g/mol. The second-order valence-electron chi connectivity index (χ2n) is 5.40. The third kappa shape index (κ3) is 11.0. The molecule has 0 radical (unpaired) electrons. The Hall–Kier alpha value is -0.120. The van der Waals surface area contributed by atoms with Gasteiger partial charge in [0, 0.05) is 13.2 Å². The van der Waals surface area contributed by atoms with E-state index in [1.165, 1.54) is 51.4 Å². The number of rotatable bonds is 13. The zero-order valence-electron chi connectivity index (χ0n) is 12.7. The average molecular weight is 258 g/mol. The lowest BCUT2D eigenvalue weighted by Crippen LogP contribution is -2.35. The van der Waals surface area contributed by atoms with E-state index in [9.17, 15) is 0 Å². The smallest absolute Gasteiger partial charge is 0.0543 e. The van der Waals surface area contributed by atoms with Crippen molar-refractivity contribution in [3.63, 3.8) is 0 Å². The number of nitrogens with two attached hydrogens (primary N) is 1. The van der Waals surface area contributed by atoms with E-state index in [1.807, 2.05) is 0 Å². The molecule has 0 saturated heterocycles. The van der Waals surface area contributed by atoms with Crippen molar-refractivity contribution in [2.75, 3.05) is 7.11 Å². The molecule has 0 aromatic heterocycles. The van der Waals surface area contributed by atoms with Gasteiger partial charge in [-0.15, -0.1) is 0 Å². The molecule has 0 saturated carbocycles. The Labute approximate surface area is 114 Å². The van der Waals surface area contributed by atoms with E-state index < -0.39 is 0 Å². The zero-order valence-corrected chi connectivity index (χ0v) is 12.7. The minimum Gasteiger partial charge on any atom is -0.382 e. The topological polar surface area (TPSA) is 47.3 Å². The Balaban J connectivity index is 3.38. The predicted octanol–water partition coefficient (Wildman–Crippen LogP) is 3.77. The Morgan fingerprint density at radius 2 is 1.56 bits per heavy atom. The number of unbranched alkanes of at least 4 members (excludes halogenated alkanes) is 6. The normalized spacial score (nSPS) is 14.7. The van der Waals surface area contributed by atoms with E-state index in [4.69, 9.17) is 10.6 Å². The molecule has 0 aliphatic rings. The van der Waals surface area contributed by atoms with Crippen molar-refractivity contribution in [1.82, 2.24) is 5.43 Å². The van der Waals surface area contributed by atoms with Crippen LogP contribution in [0.15, 0.2) is 0 Å². The fourth-order valence-electron chi connectivity index (χ4n) is 2.21. The maximum atomic E-state index is 5.59. The third-order valence-corrected chi connectivity index (χ3v) is 3.72. The van der Waals surface area contributed by atoms with Crippen molar-refractivity contribution in [3.05, 3.63) is 0 Å². The van der Waals surface area contributed by atoms with Crippen LogP contribution in [0.3, 0.4) is 0 Å². The summed E-state index contributed by atoms with van der Waals surface area (Å²) in [5.74, 6) is 5.59. The van der Waals surface area contributed by atoms with Crippen LogP contribution < -0.4 is 11.3 Å². The Kier molecular flexibility index (Phi) is 13.2. The SMILES string of the molecule is CCCCCCCCCC(CCC(C)OC)NN. The van der Waals surface area contributed by atoms with Crippen molar-refractivity contribution in [1.29, 1.82) is 0 Å². The van der Waals surface area contributed by atoms with Gasteiger partial charge < -0.3 is 4.74 Å². The van der Waals surface area contributed by atoms with E-state index in [2.05, 4.69) is 19.3 Å². The van der Waals surface area contributed by atoms with Gasteiger partial charge in [-0.1, -0.05) is 51.9 Å². The summed E-state index contributed by atoms with van der Waals surface area (Å²) < 4.78 is 5.26. The first-order valence-corrected chi connectivity index (χ1v) is 7.73.